The molecule has 1 unspecified atom stereocenters. The summed E-state index contributed by atoms with van der Waals surface area (Å²) in [7, 11) is 2.88. The molecule has 3 aromatic carbocycles. The Morgan fingerprint density at radius 3 is 2.51 bits per heavy atom. The molecule has 0 radical (unpaired) electrons. The number of methoxy groups -OCH3 is 2. The van der Waals surface area contributed by atoms with Gasteiger partial charge in [-0.2, -0.15) is 0 Å². The zero-order valence-electron chi connectivity index (χ0n) is 21.1. The number of Topliss-reactive ketones (excluding diaryl/α,β-unsaturated/α-hetero) is 1. The molecular weight excluding hydrogens is 545 g/mol. The largest absolute Gasteiger partial charge is 0.507 e. The van der Waals surface area contributed by atoms with Crippen molar-refractivity contribution in [1.82, 2.24) is 9.97 Å². The maximum absolute atomic E-state index is 13.6. The van der Waals surface area contributed by atoms with Crippen LogP contribution in [0.3, 0.4) is 0 Å². The van der Waals surface area contributed by atoms with Gasteiger partial charge in [0.2, 0.25) is 5.95 Å². The third kappa shape index (κ3) is 4.53. The number of aliphatic hydroxyl groups is 1. The molecule has 11 heteroatoms. The molecule has 0 bridgehead atoms. The molecule has 1 aromatic heterocycles. The van der Waals surface area contributed by atoms with Crippen LogP contribution in [0.15, 0.2) is 60.2 Å². The Morgan fingerprint density at radius 1 is 1.05 bits per heavy atom. The number of halogens is 2. The second kappa shape index (κ2) is 10.5. The average Bonchev–Trinajstić information content (AvgIpc) is 3.46. The maximum atomic E-state index is 13.6. The third-order valence-electron chi connectivity index (χ3n) is 6.32. The van der Waals surface area contributed by atoms with E-state index in [1.807, 2.05) is 19.1 Å². The highest BCUT2D eigenvalue weighted by Crippen LogP contribution is 2.46. The van der Waals surface area contributed by atoms with E-state index >= 15 is 0 Å². The quantitative estimate of drug-likeness (QED) is 0.162. The number of hydrogen-bond acceptors (Lipinski definition) is 7. The van der Waals surface area contributed by atoms with E-state index in [0.717, 1.165) is 0 Å². The number of aromatic nitrogens is 2. The molecular formula is C28H23Cl2N3O6. The van der Waals surface area contributed by atoms with Crippen molar-refractivity contribution in [3.8, 4) is 17.2 Å². The zero-order chi connectivity index (χ0) is 27.8. The minimum atomic E-state index is -1.10. The van der Waals surface area contributed by atoms with Gasteiger partial charge in [0.15, 0.2) is 11.5 Å². The van der Waals surface area contributed by atoms with Crippen molar-refractivity contribution >= 4 is 57.6 Å². The summed E-state index contributed by atoms with van der Waals surface area (Å²) in [6.07, 6.45) is 0. The predicted molar refractivity (Wildman–Crippen MR) is 148 cm³/mol. The van der Waals surface area contributed by atoms with Gasteiger partial charge in [0.05, 0.1) is 54.1 Å². The van der Waals surface area contributed by atoms with Crippen molar-refractivity contribution in [2.24, 2.45) is 0 Å². The number of ketones is 1. The molecule has 1 aliphatic heterocycles. The van der Waals surface area contributed by atoms with E-state index in [1.165, 1.54) is 31.3 Å². The Kier molecular flexibility index (Phi) is 7.12. The molecule has 9 nitrogen and oxygen atoms in total. The van der Waals surface area contributed by atoms with Crippen LogP contribution in [0.1, 0.15) is 24.1 Å². The fourth-order valence-corrected chi connectivity index (χ4v) is 5.21. The highest BCUT2D eigenvalue weighted by molar-refractivity contribution is 6.51. The van der Waals surface area contributed by atoms with Gasteiger partial charge in [-0.15, -0.1) is 0 Å². The van der Waals surface area contributed by atoms with Gasteiger partial charge in [0.25, 0.3) is 5.78 Å². The number of hydrogen-bond donors (Lipinski definition) is 2. The molecule has 1 fully saturated rings. The van der Waals surface area contributed by atoms with E-state index in [2.05, 4.69) is 9.97 Å². The summed E-state index contributed by atoms with van der Waals surface area (Å²) in [6, 6.07) is 14.0. The van der Waals surface area contributed by atoms with Gasteiger partial charge < -0.3 is 24.3 Å². The van der Waals surface area contributed by atoms with E-state index in [9.17, 15) is 14.7 Å². The van der Waals surface area contributed by atoms with Crippen LogP contribution in [-0.4, -0.2) is 47.6 Å². The summed E-state index contributed by atoms with van der Waals surface area (Å²) in [4.78, 5) is 36.0. The van der Waals surface area contributed by atoms with Crippen molar-refractivity contribution < 1.29 is 28.9 Å². The molecule has 39 heavy (non-hydrogen) atoms. The summed E-state index contributed by atoms with van der Waals surface area (Å²) in [5, 5.41) is 11.9. The maximum Gasteiger partial charge on any atom is 0.302 e. The van der Waals surface area contributed by atoms with Gasteiger partial charge in [0, 0.05) is 5.02 Å². The molecule has 5 rings (SSSR count). The number of rotatable bonds is 7. The SMILES string of the molecule is CCOc1cc(C2/C(=C(\O)c3cc(Cl)cc(Cl)c3OC)C(=O)C(=O)N2c2nc3ccccc3[nH]2)ccc1OC. The number of nitrogens with zero attached hydrogens (tertiary/aromatic N) is 2. The van der Waals surface area contributed by atoms with Gasteiger partial charge in [-0.25, -0.2) is 4.98 Å². The highest BCUT2D eigenvalue weighted by atomic mass is 35.5. The number of nitrogens with one attached hydrogen (secondary N) is 1. The summed E-state index contributed by atoms with van der Waals surface area (Å²) in [5.41, 5.74) is 1.58. The second-order valence-corrected chi connectivity index (χ2v) is 9.40. The molecule has 1 saturated heterocycles. The number of anilines is 1. The summed E-state index contributed by atoms with van der Waals surface area (Å²) in [6.45, 7) is 2.17. The van der Waals surface area contributed by atoms with E-state index in [-0.39, 0.29) is 32.9 Å². The van der Waals surface area contributed by atoms with E-state index < -0.39 is 23.5 Å². The lowest BCUT2D eigenvalue weighted by molar-refractivity contribution is -0.132. The summed E-state index contributed by atoms with van der Waals surface area (Å²) in [5.74, 6) is -1.23. The molecule has 0 aliphatic carbocycles. The Bertz CT molecular complexity index is 1610. The Labute approximate surface area is 233 Å². The van der Waals surface area contributed by atoms with E-state index in [4.69, 9.17) is 37.4 Å². The fraction of sp³-hybridized carbons (Fsp3) is 0.179. The number of benzene rings is 3. The molecule has 200 valence electrons. The average molecular weight is 568 g/mol. The van der Waals surface area contributed by atoms with Crippen LogP contribution >= 0.6 is 23.2 Å². The van der Waals surface area contributed by atoms with Crippen molar-refractivity contribution in [3.05, 3.63) is 81.3 Å². The molecule has 2 heterocycles. The van der Waals surface area contributed by atoms with Gasteiger partial charge in [-0.3, -0.25) is 14.5 Å². The van der Waals surface area contributed by atoms with Crippen molar-refractivity contribution in [1.29, 1.82) is 0 Å². The normalized spacial score (nSPS) is 16.6. The van der Waals surface area contributed by atoms with Gasteiger partial charge in [-0.1, -0.05) is 41.4 Å². The first-order valence-electron chi connectivity index (χ1n) is 11.9. The van der Waals surface area contributed by atoms with Crippen LogP contribution in [-0.2, 0) is 9.59 Å². The van der Waals surface area contributed by atoms with Crippen LogP contribution in [0, 0.1) is 0 Å². The van der Waals surface area contributed by atoms with Gasteiger partial charge in [0.1, 0.15) is 11.5 Å². The fourth-order valence-electron chi connectivity index (χ4n) is 4.64. The molecule has 1 amide bonds. The van der Waals surface area contributed by atoms with Gasteiger partial charge in [-0.05, 0) is 48.9 Å². The Hall–Kier alpha value is -4.21. The van der Waals surface area contributed by atoms with Crippen LogP contribution < -0.4 is 19.1 Å². The first-order chi connectivity index (χ1) is 18.8. The van der Waals surface area contributed by atoms with E-state index in [0.29, 0.717) is 34.7 Å². The Morgan fingerprint density at radius 2 is 1.82 bits per heavy atom. The molecule has 1 aliphatic rings. The van der Waals surface area contributed by atoms with Crippen molar-refractivity contribution in [2.45, 2.75) is 13.0 Å². The standard InChI is InChI=1S/C28H23Cl2N3O6/c1-4-39-21-11-14(9-10-20(21)37-2)23-22(24(34)16-12-15(29)13-17(30)26(16)38-3)25(35)27(36)33(23)28-31-18-7-5-6-8-19(18)32-28/h5-13,23,34H,4H2,1-3H3,(H,31,32)/b24-22+. The molecule has 0 spiro atoms. The number of carbonyl (C=O) groups is 2. The Balaban J connectivity index is 1.79. The first kappa shape index (κ1) is 26.4. The molecule has 0 saturated carbocycles. The van der Waals surface area contributed by atoms with Crippen molar-refractivity contribution in [3.63, 3.8) is 0 Å². The number of fused-ring (bicyclic) bond motifs is 1. The smallest absolute Gasteiger partial charge is 0.302 e. The number of H-pyrrole nitrogens is 1. The molecule has 1 atom stereocenters. The van der Waals surface area contributed by atoms with Crippen molar-refractivity contribution in [2.75, 3.05) is 25.7 Å². The lowest BCUT2D eigenvalue weighted by Gasteiger charge is -2.24. The number of para-hydroxylation sites is 2. The zero-order valence-corrected chi connectivity index (χ0v) is 22.6. The number of aromatic amines is 1. The second-order valence-electron chi connectivity index (χ2n) is 8.56. The molecule has 4 aromatic rings. The highest BCUT2D eigenvalue weighted by Gasteiger charge is 2.48. The van der Waals surface area contributed by atoms with Crippen LogP contribution in [0.25, 0.3) is 16.8 Å². The topological polar surface area (TPSA) is 114 Å². The number of carbonyl (C=O) groups excluding carboxylic acids is 2. The number of imidazole rings is 1. The monoisotopic (exact) mass is 567 g/mol. The summed E-state index contributed by atoms with van der Waals surface area (Å²) < 4.78 is 16.6. The lowest BCUT2D eigenvalue weighted by Crippen LogP contribution is -2.30. The predicted octanol–water partition coefficient (Wildman–Crippen LogP) is 5.91. The van der Waals surface area contributed by atoms with Crippen LogP contribution in [0.4, 0.5) is 5.95 Å². The minimum absolute atomic E-state index is 0.0566. The number of ether oxygens (including phenoxy) is 3. The van der Waals surface area contributed by atoms with Gasteiger partial charge >= 0.3 is 5.91 Å². The number of amides is 1. The van der Waals surface area contributed by atoms with Crippen LogP contribution in [0.2, 0.25) is 10.0 Å². The van der Waals surface area contributed by atoms with E-state index in [1.54, 1.807) is 30.3 Å². The molecule has 2 N–H and O–H groups in total. The number of aliphatic hydroxyl groups excluding tert-OH is 1. The lowest BCUT2D eigenvalue weighted by atomic mass is 9.94. The van der Waals surface area contributed by atoms with Crippen LogP contribution in [0.5, 0.6) is 17.2 Å². The summed E-state index contributed by atoms with van der Waals surface area (Å²) >= 11 is 12.5. The third-order valence-corrected chi connectivity index (χ3v) is 6.82. The minimum Gasteiger partial charge on any atom is -0.507 e. The first-order valence-corrected chi connectivity index (χ1v) is 12.6.